The minimum Gasteiger partial charge on any atom is -0.456 e. The molecule has 154 valence electrons. The van der Waals surface area contributed by atoms with Crippen LogP contribution in [0.2, 0.25) is 0 Å². The van der Waals surface area contributed by atoms with Gasteiger partial charge in [-0.15, -0.1) is 0 Å². The van der Waals surface area contributed by atoms with Gasteiger partial charge in [0.05, 0.1) is 11.2 Å². The molecule has 1 aliphatic heterocycles. The molecule has 0 spiro atoms. The highest BCUT2D eigenvalue weighted by atomic mass is 16.7. The van der Waals surface area contributed by atoms with Crippen molar-refractivity contribution in [3.05, 3.63) is 60.7 Å². The van der Waals surface area contributed by atoms with Gasteiger partial charge >= 0.3 is 7.12 Å². The lowest BCUT2D eigenvalue weighted by atomic mass is 9.75. The second-order valence-electron chi connectivity index (χ2n) is 9.08. The first-order chi connectivity index (χ1) is 14.8. The summed E-state index contributed by atoms with van der Waals surface area (Å²) in [6, 6.07) is 19.8. The van der Waals surface area contributed by atoms with Crippen LogP contribution in [0.3, 0.4) is 0 Å². The van der Waals surface area contributed by atoms with Gasteiger partial charge in [-0.1, -0.05) is 36.4 Å². The molecule has 0 atom stereocenters. The van der Waals surface area contributed by atoms with Gasteiger partial charge in [0.1, 0.15) is 16.7 Å². The fourth-order valence-corrected chi connectivity index (χ4v) is 4.19. The minimum absolute atomic E-state index is 0.478. The number of fused-ring (bicyclic) bond motifs is 4. The van der Waals surface area contributed by atoms with E-state index in [4.69, 9.17) is 23.1 Å². The molecule has 6 rings (SSSR count). The summed E-state index contributed by atoms with van der Waals surface area (Å²) >= 11 is 0. The third kappa shape index (κ3) is 2.68. The topological polar surface area (TPSA) is 57.6 Å². The molecule has 5 aromatic rings. The van der Waals surface area contributed by atoms with E-state index < -0.39 is 18.3 Å². The van der Waals surface area contributed by atoms with Gasteiger partial charge in [-0.25, -0.2) is 4.98 Å². The van der Waals surface area contributed by atoms with Crippen molar-refractivity contribution in [2.45, 2.75) is 38.9 Å². The molecule has 0 aliphatic carbocycles. The van der Waals surface area contributed by atoms with Crippen LogP contribution in [0.5, 0.6) is 0 Å². The Kier molecular flexibility index (Phi) is 3.74. The van der Waals surface area contributed by atoms with Crippen LogP contribution in [0.1, 0.15) is 27.7 Å². The molecule has 3 aromatic carbocycles. The quantitative estimate of drug-likeness (QED) is 0.349. The van der Waals surface area contributed by atoms with E-state index in [-0.39, 0.29) is 0 Å². The van der Waals surface area contributed by atoms with Crippen LogP contribution in [0.25, 0.3) is 44.5 Å². The van der Waals surface area contributed by atoms with E-state index in [0.717, 1.165) is 38.5 Å². The van der Waals surface area contributed by atoms with Gasteiger partial charge in [0.2, 0.25) is 5.89 Å². The average molecular weight is 411 g/mol. The van der Waals surface area contributed by atoms with Gasteiger partial charge in [-0.2, -0.15) is 0 Å². The van der Waals surface area contributed by atoms with Crippen LogP contribution < -0.4 is 5.46 Å². The van der Waals surface area contributed by atoms with Crippen LogP contribution in [-0.4, -0.2) is 23.3 Å². The molecule has 1 fully saturated rings. The summed E-state index contributed by atoms with van der Waals surface area (Å²) in [4.78, 5) is 4.77. The summed E-state index contributed by atoms with van der Waals surface area (Å²) < 4.78 is 25.4. The highest BCUT2D eigenvalue weighted by Gasteiger charge is 2.53. The van der Waals surface area contributed by atoms with Crippen molar-refractivity contribution in [3.63, 3.8) is 0 Å². The molecule has 31 heavy (non-hydrogen) atoms. The SMILES string of the molecule is CC1(C)OB(c2c3oc(-c4ccccc4)nc3cc3oc4ccccc4c23)OC1(C)C. The van der Waals surface area contributed by atoms with Crippen molar-refractivity contribution in [3.8, 4) is 11.5 Å². The Labute approximate surface area is 180 Å². The number of furan rings is 1. The molecule has 0 N–H and O–H groups in total. The third-order valence-electron chi connectivity index (χ3n) is 6.57. The lowest BCUT2D eigenvalue weighted by Gasteiger charge is -2.32. The molecule has 3 heterocycles. The summed E-state index contributed by atoms with van der Waals surface area (Å²) in [5.74, 6) is 0.560. The monoisotopic (exact) mass is 411 g/mol. The molecule has 1 aliphatic rings. The number of benzene rings is 3. The Hall–Kier alpha value is -3.09. The first kappa shape index (κ1) is 18.7. The van der Waals surface area contributed by atoms with Crippen molar-refractivity contribution in [2.75, 3.05) is 0 Å². The Morgan fingerprint density at radius 3 is 2.19 bits per heavy atom. The van der Waals surface area contributed by atoms with E-state index >= 15 is 0 Å². The van der Waals surface area contributed by atoms with Crippen LogP contribution in [0, 0.1) is 0 Å². The van der Waals surface area contributed by atoms with E-state index in [1.807, 2.05) is 82.3 Å². The summed E-state index contributed by atoms with van der Waals surface area (Å²) in [5.41, 5.74) is 3.72. The maximum Gasteiger partial charge on any atom is 0.499 e. The average Bonchev–Trinajstić information content (AvgIpc) is 3.38. The Morgan fingerprint density at radius 2 is 1.45 bits per heavy atom. The van der Waals surface area contributed by atoms with Gasteiger partial charge in [-0.3, -0.25) is 0 Å². The zero-order valence-electron chi connectivity index (χ0n) is 17.9. The lowest BCUT2D eigenvalue weighted by Crippen LogP contribution is -2.41. The second kappa shape index (κ2) is 6.22. The van der Waals surface area contributed by atoms with Crippen LogP contribution in [-0.2, 0) is 9.31 Å². The van der Waals surface area contributed by atoms with Crippen molar-refractivity contribution < 1.29 is 18.1 Å². The molecule has 2 aromatic heterocycles. The second-order valence-corrected chi connectivity index (χ2v) is 9.08. The molecule has 0 unspecified atom stereocenters. The number of para-hydroxylation sites is 1. The summed E-state index contributed by atoms with van der Waals surface area (Å²) in [5, 5.41) is 1.94. The van der Waals surface area contributed by atoms with Gasteiger partial charge in [0.15, 0.2) is 5.58 Å². The third-order valence-corrected chi connectivity index (χ3v) is 6.57. The molecule has 0 bridgehead atoms. The zero-order chi connectivity index (χ0) is 21.4. The maximum absolute atomic E-state index is 6.45. The zero-order valence-corrected chi connectivity index (χ0v) is 17.9. The largest absolute Gasteiger partial charge is 0.499 e. The van der Waals surface area contributed by atoms with Gasteiger partial charge < -0.3 is 18.1 Å². The van der Waals surface area contributed by atoms with Crippen LogP contribution in [0.15, 0.2) is 69.5 Å². The van der Waals surface area contributed by atoms with E-state index in [1.54, 1.807) is 0 Å². The Bertz CT molecular complexity index is 1430. The molecular weight excluding hydrogens is 389 g/mol. The Balaban J connectivity index is 1.68. The fraction of sp³-hybridized carbons (Fsp3) is 0.240. The minimum atomic E-state index is -0.603. The molecule has 0 saturated carbocycles. The smallest absolute Gasteiger partial charge is 0.456 e. The summed E-state index contributed by atoms with van der Waals surface area (Å²) in [7, 11) is -0.603. The van der Waals surface area contributed by atoms with Crippen molar-refractivity contribution in [1.82, 2.24) is 4.98 Å². The number of aromatic nitrogens is 1. The summed E-state index contributed by atoms with van der Waals surface area (Å²) in [6.07, 6.45) is 0. The number of rotatable bonds is 2. The molecule has 5 nitrogen and oxygen atoms in total. The van der Waals surface area contributed by atoms with Crippen molar-refractivity contribution in [1.29, 1.82) is 0 Å². The number of hydrogen-bond donors (Lipinski definition) is 0. The van der Waals surface area contributed by atoms with E-state index in [9.17, 15) is 0 Å². The van der Waals surface area contributed by atoms with Crippen molar-refractivity contribution >= 4 is 45.6 Å². The van der Waals surface area contributed by atoms with E-state index in [2.05, 4.69) is 6.07 Å². The highest BCUT2D eigenvalue weighted by molar-refractivity contribution is 6.68. The first-order valence-corrected chi connectivity index (χ1v) is 10.5. The summed E-state index contributed by atoms with van der Waals surface area (Å²) in [6.45, 7) is 8.20. The lowest BCUT2D eigenvalue weighted by molar-refractivity contribution is 0.00578. The predicted octanol–water partition coefficient (Wildman–Crippen LogP) is 5.69. The molecule has 0 radical (unpaired) electrons. The Morgan fingerprint density at radius 1 is 0.774 bits per heavy atom. The van der Waals surface area contributed by atoms with Crippen molar-refractivity contribution in [2.24, 2.45) is 0 Å². The molecular formula is C25H22BNO4. The standard InChI is InChI=1S/C25H22BNO4/c1-24(2)25(3,4)31-26(30-24)21-20-16-12-8-9-13-18(16)28-19(20)14-17-22(21)29-23(27-17)15-10-6-5-7-11-15/h5-14H,1-4H3. The number of nitrogens with zero attached hydrogens (tertiary/aromatic N) is 1. The number of oxazole rings is 1. The fourth-order valence-electron chi connectivity index (χ4n) is 4.19. The normalized spacial score (nSPS) is 17.9. The highest BCUT2D eigenvalue weighted by Crippen LogP contribution is 2.40. The number of hydrogen-bond acceptors (Lipinski definition) is 5. The molecule has 1 saturated heterocycles. The van der Waals surface area contributed by atoms with E-state index in [0.29, 0.717) is 11.5 Å². The van der Waals surface area contributed by atoms with Crippen LogP contribution >= 0.6 is 0 Å². The van der Waals surface area contributed by atoms with Gasteiger partial charge in [-0.05, 0) is 45.9 Å². The van der Waals surface area contributed by atoms with Crippen LogP contribution in [0.4, 0.5) is 0 Å². The predicted molar refractivity (Wildman–Crippen MR) is 122 cm³/mol. The van der Waals surface area contributed by atoms with Gasteiger partial charge in [0, 0.05) is 27.9 Å². The molecule has 6 heteroatoms. The maximum atomic E-state index is 6.45. The first-order valence-electron chi connectivity index (χ1n) is 10.5. The van der Waals surface area contributed by atoms with Gasteiger partial charge in [0.25, 0.3) is 0 Å². The van der Waals surface area contributed by atoms with E-state index in [1.165, 1.54) is 0 Å². The molecule has 0 amide bonds.